The average molecular weight is 445 g/mol. The standard InChI is InChI=1S/C23H28N2O5S/c1-18-2-6-20(7-3-18)22(26)10-11-23(27)24-13-12-19-4-8-21(9-5-19)31(28,29)25-14-16-30-17-15-25/h2-9H,10-17H2,1H3,(H,24,27). The molecule has 0 radical (unpaired) electrons. The molecule has 0 atom stereocenters. The zero-order valence-electron chi connectivity index (χ0n) is 17.7. The first-order valence-electron chi connectivity index (χ1n) is 10.4. The Morgan fingerprint density at radius 1 is 0.968 bits per heavy atom. The molecule has 1 heterocycles. The molecule has 1 fully saturated rings. The molecule has 2 aromatic rings. The number of nitrogens with one attached hydrogen (secondary N) is 1. The van der Waals surface area contributed by atoms with Crippen LogP contribution in [0.15, 0.2) is 53.4 Å². The van der Waals surface area contributed by atoms with Crippen molar-refractivity contribution >= 4 is 21.7 Å². The van der Waals surface area contributed by atoms with Crippen LogP contribution >= 0.6 is 0 Å². The highest BCUT2D eigenvalue weighted by Crippen LogP contribution is 2.18. The van der Waals surface area contributed by atoms with Crippen LogP contribution in [0.3, 0.4) is 0 Å². The van der Waals surface area contributed by atoms with Crippen LogP contribution in [0.1, 0.15) is 34.3 Å². The van der Waals surface area contributed by atoms with E-state index in [9.17, 15) is 18.0 Å². The lowest BCUT2D eigenvalue weighted by atomic mass is 10.0. The summed E-state index contributed by atoms with van der Waals surface area (Å²) in [5.41, 5.74) is 2.63. The summed E-state index contributed by atoms with van der Waals surface area (Å²) in [4.78, 5) is 24.4. The minimum atomic E-state index is -3.50. The van der Waals surface area contributed by atoms with Gasteiger partial charge in [0.05, 0.1) is 18.1 Å². The second-order valence-electron chi connectivity index (χ2n) is 7.55. The van der Waals surface area contributed by atoms with Crippen LogP contribution in [0.2, 0.25) is 0 Å². The van der Waals surface area contributed by atoms with Crippen LogP contribution in [0.25, 0.3) is 0 Å². The van der Waals surface area contributed by atoms with Gasteiger partial charge < -0.3 is 10.1 Å². The molecule has 2 aromatic carbocycles. The number of amides is 1. The third-order valence-electron chi connectivity index (χ3n) is 5.22. The monoisotopic (exact) mass is 444 g/mol. The summed E-state index contributed by atoms with van der Waals surface area (Å²) in [5.74, 6) is -0.223. The lowest BCUT2D eigenvalue weighted by molar-refractivity contribution is -0.121. The van der Waals surface area contributed by atoms with Crippen LogP contribution < -0.4 is 5.32 Å². The minimum absolute atomic E-state index is 0.0489. The average Bonchev–Trinajstić information content (AvgIpc) is 2.79. The number of Topliss-reactive ketones (excluding diaryl/α,β-unsaturated/α-hetero) is 1. The fraction of sp³-hybridized carbons (Fsp3) is 0.391. The van der Waals surface area contributed by atoms with E-state index in [1.165, 1.54) is 4.31 Å². The summed E-state index contributed by atoms with van der Waals surface area (Å²) in [7, 11) is -3.50. The van der Waals surface area contributed by atoms with Crippen molar-refractivity contribution in [3.05, 3.63) is 65.2 Å². The van der Waals surface area contributed by atoms with Gasteiger partial charge in [-0.1, -0.05) is 42.0 Å². The van der Waals surface area contributed by atoms with Crippen LogP contribution in [-0.2, 0) is 26.0 Å². The van der Waals surface area contributed by atoms with Crippen LogP contribution in [0.5, 0.6) is 0 Å². The van der Waals surface area contributed by atoms with Crippen LogP contribution in [0.4, 0.5) is 0 Å². The van der Waals surface area contributed by atoms with E-state index in [0.29, 0.717) is 44.8 Å². The molecule has 0 unspecified atom stereocenters. The highest BCUT2D eigenvalue weighted by Gasteiger charge is 2.26. The summed E-state index contributed by atoms with van der Waals surface area (Å²) in [6, 6.07) is 14.0. The summed E-state index contributed by atoms with van der Waals surface area (Å²) < 4.78 is 31.9. The number of hydrogen-bond acceptors (Lipinski definition) is 5. The predicted molar refractivity (Wildman–Crippen MR) is 117 cm³/mol. The van der Waals surface area contributed by atoms with Gasteiger partial charge in [0.25, 0.3) is 0 Å². The quantitative estimate of drug-likeness (QED) is 0.600. The van der Waals surface area contributed by atoms with Gasteiger partial charge in [-0.2, -0.15) is 4.31 Å². The number of nitrogens with zero attached hydrogens (tertiary/aromatic N) is 1. The number of rotatable bonds is 9. The molecule has 0 spiro atoms. The van der Waals surface area contributed by atoms with E-state index in [4.69, 9.17) is 4.74 Å². The van der Waals surface area contributed by atoms with E-state index in [0.717, 1.165) is 11.1 Å². The normalized spacial score (nSPS) is 14.9. The molecule has 0 saturated carbocycles. The van der Waals surface area contributed by atoms with Gasteiger partial charge in [0.1, 0.15) is 0 Å². The molecule has 8 heteroatoms. The Hall–Kier alpha value is -2.55. The van der Waals surface area contributed by atoms with Gasteiger partial charge in [-0.3, -0.25) is 9.59 Å². The smallest absolute Gasteiger partial charge is 0.243 e. The molecule has 7 nitrogen and oxygen atoms in total. The molecule has 31 heavy (non-hydrogen) atoms. The Bertz CT molecular complexity index is 995. The van der Waals surface area contributed by atoms with Crippen LogP contribution in [-0.4, -0.2) is 57.3 Å². The van der Waals surface area contributed by atoms with Crippen molar-refractivity contribution in [2.24, 2.45) is 0 Å². The number of ketones is 1. The molecule has 1 amide bonds. The number of hydrogen-bond donors (Lipinski definition) is 1. The summed E-state index contributed by atoms with van der Waals surface area (Å²) >= 11 is 0. The van der Waals surface area contributed by atoms with Crippen molar-refractivity contribution in [1.82, 2.24) is 9.62 Å². The number of carbonyl (C=O) groups is 2. The first kappa shape index (κ1) is 23.1. The number of morpholine rings is 1. The largest absolute Gasteiger partial charge is 0.379 e. The molecule has 1 aliphatic heterocycles. The zero-order chi connectivity index (χ0) is 22.3. The minimum Gasteiger partial charge on any atom is -0.379 e. The molecule has 1 saturated heterocycles. The first-order chi connectivity index (χ1) is 14.9. The van der Waals surface area contributed by atoms with Gasteiger partial charge in [-0.05, 0) is 31.0 Å². The number of ether oxygens (including phenoxy) is 1. The van der Waals surface area contributed by atoms with Crippen molar-refractivity contribution in [3.8, 4) is 0 Å². The number of sulfonamides is 1. The van der Waals surface area contributed by atoms with Crippen molar-refractivity contribution in [3.63, 3.8) is 0 Å². The second-order valence-corrected chi connectivity index (χ2v) is 9.49. The van der Waals surface area contributed by atoms with Gasteiger partial charge >= 0.3 is 0 Å². The third-order valence-corrected chi connectivity index (χ3v) is 7.13. The van der Waals surface area contributed by atoms with Gasteiger partial charge in [0.15, 0.2) is 5.78 Å². The van der Waals surface area contributed by atoms with Crippen molar-refractivity contribution in [1.29, 1.82) is 0 Å². The third kappa shape index (κ3) is 6.46. The summed E-state index contributed by atoms with van der Waals surface area (Å²) in [6.45, 7) is 3.93. The highest BCUT2D eigenvalue weighted by molar-refractivity contribution is 7.89. The molecule has 1 N–H and O–H groups in total. The Morgan fingerprint density at radius 3 is 2.26 bits per heavy atom. The molecule has 1 aliphatic rings. The Labute approximate surface area is 183 Å². The predicted octanol–water partition coefficient (Wildman–Crippen LogP) is 2.34. The summed E-state index contributed by atoms with van der Waals surface area (Å²) in [6.07, 6.45) is 0.891. The fourth-order valence-electron chi connectivity index (χ4n) is 3.31. The van der Waals surface area contributed by atoms with E-state index < -0.39 is 10.0 Å². The number of carbonyl (C=O) groups excluding carboxylic acids is 2. The van der Waals surface area contributed by atoms with Gasteiger partial charge in [-0.15, -0.1) is 0 Å². The van der Waals surface area contributed by atoms with Crippen molar-refractivity contribution < 1.29 is 22.7 Å². The number of aryl methyl sites for hydroxylation is 1. The van der Waals surface area contributed by atoms with Gasteiger partial charge in [0, 0.05) is 38.0 Å². The Morgan fingerprint density at radius 2 is 1.61 bits per heavy atom. The van der Waals surface area contributed by atoms with Crippen molar-refractivity contribution in [2.75, 3.05) is 32.8 Å². The molecule has 0 aromatic heterocycles. The van der Waals surface area contributed by atoms with E-state index >= 15 is 0 Å². The lowest BCUT2D eigenvalue weighted by Crippen LogP contribution is -2.40. The van der Waals surface area contributed by atoms with E-state index in [1.807, 2.05) is 19.1 Å². The van der Waals surface area contributed by atoms with Crippen LogP contribution in [0, 0.1) is 6.92 Å². The van der Waals surface area contributed by atoms with E-state index in [-0.39, 0.29) is 29.4 Å². The molecule has 3 rings (SSSR count). The zero-order valence-corrected chi connectivity index (χ0v) is 18.5. The molecule has 0 bridgehead atoms. The molecular weight excluding hydrogens is 416 g/mol. The molecule has 166 valence electrons. The van der Waals surface area contributed by atoms with E-state index in [2.05, 4.69) is 5.32 Å². The van der Waals surface area contributed by atoms with Crippen molar-refractivity contribution in [2.45, 2.75) is 31.1 Å². The Balaban J connectivity index is 1.42. The highest BCUT2D eigenvalue weighted by atomic mass is 32.2. The first-order valence-corrected chi connectivity index (χ1v) is 11.8. The van der Waals surface area contributed by atoms with Gasteiger partial charge in [-0.25, -0.2) is 8.42 Å². The number of benzene rings is 2. The topological polar surface area (TPSA) is 92.8 Å². The lowest BCUT2D eigenvalue weighted by Gasteiger charge is -2.26. The van der Waals surface area contributed by atoms with E-state index in [1.54, 1.807) is 36.4 Å². The maximum Gasteiger partial charge on any atom is 0.243 e. The van der Waals surface area contributed by atoms with Gasteiger partial charge in [0.2, 0.25) is 15.9 Å². The summed E-state index contributed by atoms with van der Waals surface area (Å²) in [5, 5.41) is 2.81. The molecule has 0 aliphatic carbocycles. The SMILES string of the molecule is Cc1ccc(C(=O)CCC(=O)NCCc2ccc(S(=O)(=O)N3CCOCC3)cc2)cc1. The maximum absolute atomic E-state index is 12.6. The Kier molecular flexibility index (Phi) is 7.95. The second kappa shape index (κ2) is 10.7. The maximum atomic E-state index is 12.6. The fourth-order valence-corrected chi connectivity index (χ4v) is 4.72. The molecular formula is C23H28N2O5S.